The van der Waals surface area contributed by atoms with Gasteiger partial charge in [0.15, 0.2) is 11.5 Å². The van der Waals surface area contributed by atoms with E-state index in [-0.39, 0.29) is 0 Å². The zero-order valence-electron chi connectivity index (χ0n) is 13.0. The molecule has 0 spiro atoms. The van der Waals surface area contributed by atoms with Gasteiger partial charge >= 0.3 is 5.97 Å². The van der Waals surface area contributed by atoms with E-state index >= 15 is 0 Å². The van der Waals surface area contributed by atoms with Crippen LogP contribution in [0, 0.1) is 0 Å². The van der Waals surface area contributed by atoms with E-state index in [1.807, 2.05) is 26.0 Å². The van der Waals surface area contributed by atoms with Crippen molar-refractivity contribution in [3.63, 3.8) is 0 Å². The van der Waals surface area contributed by atoms with Gasteiger partial charge in [0.25, 0.3) is 0 Å². The molecule has 1 rings (SSSR count). The molecule has 0 saturated heterocycles. The Balaban J connectivity index is 3.08. The lowest BCUT2D eigenvalue weighted by Gasteiger charge is -2.27. The minimum Gasteiger partial charge on any atom is -0.493 e. The van der Waals surface area contributed by atoms with Crippen LogP contribution in [0.2, 0.25) is 0 Å². The van der Waals surface area contributed by atoms with E-state index in [9.17, 15) is 4.79 Å². The van der Waals surface area contributed by atoms with Crippen molar-refractivity contribution in [3.05, 3.63) is 42.5 Å². The van der Waals surface area contributed by atoms with Crippen molar-refractivity contribution >= 4 is 12.0 Å². The Morgan fingerprint density at radius 1 is 1.33 bits per heavy atom. The fourth-order valence-corrected chi connectivity index (χ4v) is 1.62. The number of hydrogen-bond donors (Lipinski definition) is 0. The summed E-state index contributed by atoms with van der Waals surface area (Å²) in [5.74, 6) is 0.832. The first-order chi connectivity index (χ1) is 9.97. The molecule has 0 heterocycles. The summed E-state index contributed by atoms with van der Waals surface area (Å²) < 4.78 is 15.9. The second-order valence-electron chi connectivity index (χ2n) is 4.74. The highest BCUT2D eigenvalue weighted by atomic mass is 16.5. The quantitative estimate of drug-likeness (QED) is 0.437. The molecule has 4 heteroatoms. The van der Waals surface area contributed by atoms with Crippen LogP contribution in [0.4, 0.5) is 0 Å². The molecular weight excluding hydrogens is 268 g/mol. The third-order valence-electron chi connectivity index (χ3n) is 3.28. The smallest absolute Gasteiger partial charge is 0.330 e. The van der Waals surface area contributed by atoms with E-state index in [4.69, 9.17) is 9.47 Å². The van der Waals surface area contributed by atoms with Gasteiger partial charge in [-0.25, -0.2) is 4.79 Å². The zero-order chi connectivity index (χ0) is 15.9. The van der Waals surface area contributed by atoms with E-state index in [1.54, 1.807) is 25.3 Å². The van der Waals surface area contributed by atoms with Gasteiger partial charge in [0, 0.05) is 6.08 Å². The van der Waals surface area contributed by atoms with E-state index in [0.29, 0.717) is 11.5 Å². The first-order valence-corrected chi connectivity index (χ1v) is 6.74. The number of carbonyl (C=O) groups excluding carboxylic acids is 1. The van der Waals surface area contributed by atoms with Crippen molar-refractivity contribution < 1.29 is 19.0 Å². The molecule has 1 aromatic carbocycles. The van der Waals surface area contributed by atoms with Gasteiger partial charge in [-0.2, -0.15) is 0 Å². The number of benzene rings is 1. The van der Waals surface area contributed by atoms with Crippen LogP contribution in [0.3, 0.4) is 0 Å². The first-order valence-electron chi connectivity index (χ1n) is 6.74. The standard InChI is InChI=1S/C17H22O4/c1-6-17(3,7-2)21-15-12-13(8-10-14(15)19-4)9-11-16(18)20-5/h6,8-12H,1,7H2,2-5H3/b11-9+. The lowest BCUT2D eigenvalue weighted by atomic mass is 10.0. The second kappa shape index (κ2) is 7.53. The van der Waals surface area contributed by atoms with Crippen molar-refractivity contribution in [2.24, 2.45) is 0 Å². The van der Waals surface area contributed by atoms with Crippen LogP contribution in [0.15, 0.2) is 36.9 Å². The fraction of sp³-hybridized carbons (Fsp3) is 0.353. The highest BCUT2D eigenvalue weighted by Gasteiger charge is 2.21. The van der Waals surface area contributed by atoms with Gasteiger partial charge < -0.3 is 14.2 Å². The number of rotatable bonds is 7. The maximum Gasteiger partial charge on any atom is 0.330 e. The minimum absolute atomic E-state index is 0.405. The predicted octanol–water partition coefficient (Wildman–Crippen LogP) is 3.61. The maximum atomic E-state index is 11.1. The van der Waals surface area contributed by atoms with E-state index < -0.39 is 11.6 Å². The number of carbonyl (C=O) groups is 1. The summed E-state index contributed by atoms with van der Waals surface area (Å²) in [5, 5.41) is 0. The molecule has 0 aliphatic heterocycles. The molecule has 0 aliphatic rings. The molecular formula is C17H22O4. The van der Waals surface area contributed by atoms with Gasteiger partial charge in [-0.3, -0.25) is 0 Å². The van der Waals surface area contributed by atoms with E-state index in [1.165, 1.54) is 13.2 Å². The summed E-state index contributed by atoms with van der Waals surface area (Å²) >= 11 is 0. The molecule has 0 N–H and O–H groups in total. The third-order valence-corrected chi connectivity index (χ3v) is 3.28. The topological polar surface area (TPSA) is 44.8 Å². The molecule has 114 valence electrons. The highest BCUT2D eigenvalue weighted by molar-refractivity contribution is 5.87. The molecule has 0 bridgehead atoms. The normalized spacial score (nSPS) is 13.5. The summed E-state index contributed by atoms with van der Waals surface area (Å²) in [6.07, 6.45) is 5.57. The Bertz CT molecular complexity index is 534. The van der Waals surface area contributed by atoms with Crippen LogP contribution in [-0.2, 0) is 9.53 Å². The average molecular weight is 290 g/mol. The monoisotopic (exact) mass is 290 g/mol. The number of hydrogen-bond acceptors (Lipinski definition) is 4. The Kier molecular flexibility index (Phi) is 6.03. The van der Waals surface area contributed by atoms with Gasteiger partial charge in [-0.05, 0) is 43.2 Å². The number of ether oxygens (including phenoxy) is 3. The maximum absolute atomic E-state index is 11.1. The van der Waals surface area contributed by atoms with Crippen molar-refractivity contribution in [1.29, 1.82) is 0 Å². The van der Waals surface area contributed by atoms with Crippen LogP contribution in [0.5, 0.6) is 11.5 Å². The summed E-state index contributed by atoms with van der Waals surface area (Å²) in [7, 11) is 2.93. The van der Waals surface area contributed by atoms with Gasteiger partial charge in [0.2, 0.25) is 0 Å². The predicted molar refractivity (Wildman–Crippen MR) is 83.6 cm³/mol. The van der Waals surface area contributed by atoms with E-state index in [0.717, 1.165) is 12.0 Å². The first kappa shape index (κ1) is 16.8. The highest BCUT2D eigenvalue weighted by Crippen LogP contribution is 2.33. The van der Waals surface area contributed by atoms with Crippen LogP contribution in [-0.4, -0.2) is 25.8 Å². The Morgan fingerprint density at radius 3 is 2.57 bits per heavy atom. The van der Waals surface area contributed by atoms with Gasteiger partial charge in [0.1, 0.15) is 5.60 Å². The van der Waals surface area contributed by atoms with E-state index in [2.05, 4.69) is 11.3 Å². The Labute approximate surface area is 126 Å². The van der Waals surface area contributed by atoms with Crippen LogP contribution >= 0.6 is 0 Å². The number of methoxy groups -OCH3 is 2. The second-order valence-corrected chi connectivity index (χ2v) is 4.74. The molecule has 0 aromatic heterocycles. The molecule has 4 nitrogen and oxygen atoms in total. The van der Waals surface area contributed by atoms with Crippen molar-refractivity contribution in [1.82, 2.24) is 0 Å². The average Bonchev–Trinajstić information content (AvgIpc) is 2.52. The summed E-state index contributed by atoms with van der Waals surface area (Å²) in [5.41, 5.74) is 0.344. The number of esters is 1. The molecule has 1 unspecified atom stereocenters. The Hall–Kier alpha value is -2.23. The lowest BCUT2D eigenvalue weighted by molar-refractivity contribution is -0.134. The molecule has 0 radical (unpaired) electrons. The van der Waals surface area contributed by atoms with Gasteiger partial charge in [-0.1, -0.05) is 19.6 Å². The summed E-state index contributed by atoms with van der Waals surface area (Å²) in [6, 6.07) is 5.45. The molecule has 21 heavy (non-hydrogen) atoms. The van der Waals surface area contributed by atoms with Crippen LogP contribution in [0.25, 0.3) is 6.08 Å². The molecule has 0 fully saturated rings. The van der Waals surface area contributed by atoms with Crippen LogP contribution in [0.1, 0.15) is 25.8 Å². The minimum atomic E-state index is -0.474. The molecule has 1 atom stereocenters. The van der Waals surface area contributed by atoms with Gasteiger partial charge in [-0.15, -0.1) is 0 Å². The van der Waals surface area contributed by atoms with Crippen LogP contribution < -0.4 is 9.47 Å². The summed E-state index contributed by atoms with van der Waals surface area (Å²) in [6.45, 7) is 7.79. The van der Waals surface area contributed by atoms with Crippen molar-refractivity contribution in [2.45, 2.75) is 25.9 Å². The zero-order valence-corrected chi connectivity index (χ0v) is 13.0. The molecule has 1 aromatic rings. The van der Waals surface area contributed by atoms with Crippen molar-refractivity contribution in [2.75, 3.05) is 14.2 Å². The Morgan fingerprint density at radius 2 is 2.05 bits per heavy atom. The summed E-state index contributed by atoms with van der Waals surface area (Å²) in [4.78, 5) is 11.1. The fourth-order valence-electron chi connectivity index (χ4n) is 1.62. The molecule has 0 aliphatic carbocycles. The van der Waals surface area contributed by atoms with Gasteiger partial charge in [0.05, 0.1) is 14.2 Å². The molecule has 0 saturated carbocycles. The molecule has 0 amide bonds. The lowest BCUT2D eigenvalue weighted by Crippen LogP contribution is -2.28. The SMILES string of the molecule is C=CC(C)(CC)Oc1cc(/C=C/C(=O)OC)ccc1OC. The largest absolute Gasteiger partial charge is 0.493 e. The van der Waals surface area contributed by atoms with Crippen molar-refractivity contribution in [3.8, 4) is 11.5 Å². The third kappa shape index (κ3) is 4.67.